The van der Waals surface area contributed by atoms with Gasteiger partial charge in [-0.1, -0.05) is 0 Å². The molecule has 0 aromatic carbocycles. The molecule has 0 atom stereocenters. The first-order valence-electron chi connectivity index (χ1n) is 4.22. The van der Waals surface area contributed by atoms with Gasteiger partial charge >= 0.3 is 17.7 Å². The first-order chi connectivity index (χ1) is 6.59. The summed E-state index contributed by atoms with van der Waals surface area (Å²) in [4.78, 5) is 23.0. The third-order valence-electron chi connectivity index (χ3n) is 1.77. The van der Waals surface area contributed by atoms with Crippen LogP contribution >= 0.6 is 0 Å². The van der Waals surface area contributed by atoms with E-state index in [4.69, 9.17) is 10.2 Å². The molecule has 1 aromatic heterocycles. The molecule has 0 aliphatic rings. The van der Waals surface area contributed by atoms with Crippen molar-refractivity contribution < 1.29 is 19.4 Å². The number of carboxylic acid groups (broad SMARTS) is 1. The SMILES string of the molecule is O=C(O)CCCCc1[nH]c(=O)oc1O. The number of oxazole rings is 1. The van der Waals surface area contributed by atoms with E-state index in [0.29, 0.717) is 25.0 Å². The topological polar surface area (TPSA) is 104 Å². The minimum absolute atomic E-state index is 0.0862. The minimum atomic E-state index is -0.852. The van der Waals surface area contributed by atoms with Gasteiger partial charge in [-0.25, -0.2) is 4.79 Å². The second kappa shape index (κ2) is 4.50. The Morgan fingerprint density at radius 3 is 2.64 bits per heavy atom. The van der Waals surface area contributed by atoms with Gasteiger partial charge < -0.3 is 14.6 Å². The van der Waals surface area contributed by atoms with Crippen molar-refractivity contribution in [2.45, 2.75) is 25.7 Å². The van der Waals surface area contributed by atoms with E-state index in [1.165, 1.54) is 0 Å². The number of carbonyl (C=O) groups is 1. The molecular formula is C8H11NO5. The molecule has 0 aliphatic carbocycles. The number of aliphatic carboxylic acids is 1. The maximum atomic E-state index is 10.6. The smallest absolute Gasteiger partial charge is 0.419 e. The molecule has 0 amide bonds. The molecule has 1 rings (SSSR count). The molecule has 0 bridgehead atoms. The monoisotopic (exact) mass is 201 g/mol. The van der Waals surface area contributed by atoms with E-state index in [1.54, 1.807) is 0 Å². The lowest BCUT2D eigenvalue weighted by Gasteiger charge is -1.95. The highest BCUT2D eigenvalue weighted by Crippen LogP contribution is 2.14. The number of unbranched alkanes of at least 4 members (excludes halogenated alkanes) is 1. The molecule has 6 heteroatoms. The summed E-state index contributed by atoms with van der Waals surface area (Å²) >= 11 is 0. The first kappa shape index (κ1) is 10.4. The summed E-state index contributed by atoms with van der Waals surface area (Å²) in [5.41, 5.74) is 0.320. The average Bonchev–Trinajstić information content (AvgIpc) is 2.39. The van der Waals surface area contributed by atoms with Crippen LogP contribution in [0.4, 0.5) is 0 Å². The zero-order valence-corrected chi connectivity index (χ0v) is 7.45. The van der Waals surface area contributed by atoms with Gasteiger partial charge in [0.1, 0.15) is 5.69 Å². The summed E-state index contributed by atoms with van der Waals surface area (Å²) in [6.45, 7) is 0. The van der Waals surface area contributed by atoms with Crippen LogP contribution in [0.1, 0.15) is 25.0 Å². The Balaban J connectivity index is 2.35. The number of aromatic nitrogens is 1. The van der Waals surface area contributed by atoms with Crippen molar-refractivity contribution >= 4 is 5.97 Å². The Morgan fingerprint density at radius 1 is 1.43 bits per heavy atom. The van der Waals surface area contributed by atoms with E-state index in [-0.39, 0.29) is 6.42 Å². The van der Waals surface area contributed by atoms with E-state index in [2.05, 4.69) is 9.40 Å². The number of nitrogens with one attached hydrogen (secondary N) is 1. The normalized spacial score (nSPS) is 10.3. The van der Waals surface area contributed by atoms with Crippen LogP contribution in [0.5, 0.6) is 5.95 Å². The van der Waals surface area contributed by atoms with Crippen molar-refractivity contribution in [1.82, 2.24) is 4.98 Å². The number of aryl methyl sites for hydroxylation is 1. The molecular weight excluding hydrogens is 190 g/mol. The fourth-order valence-corrected chi connectivity index (χ4v) is 1.10. The molecule has 78 valence electrons. The molecule has 3 N–H and O–H groups in total. The minimum Gasteiger partial charge on any atom is -0.481 e. The lowest BCUT2D eigenvalue weighted by molar-refractivity contribution is -0.137. The van der Waals surface area contributed by atoms with Gasteiger partial charge in [0.25, 0.3) is 0 Å². The lowest BCUT2D eigenvalue weighted by atomic mass is 10.1. The molecule has 6 nitrogen and oxygen atoms in total. The lowest BCUT2D eigenvalue weighted by Crippen LogP contribution is -1.98. The van der Waals surface area contributed by atoms with Gasteiger partial charge in [0.05, 0.1) is 0 Å². The fraction of sp³-hybridized carbons (Fsp3) is 0.500. The average molecular weight is 201 g/mol. The second-order valence-electron chi connectivity index (χ2n) is 2.90. The van der Waals surface area contributed by atoms with Crippen molar-refractivity contribution in [2.24, 2.45) is 0 Å². The van der Waals surface area contributed by atoms with Gasteiger partial charge in [-0.15, -0.1) is 0 Å². The molecule has 0 spiro atoms. The predicted octanol–water partition coefficient (Wildman–Crippen LogP) is 0.471. The molecule has 0 aliphatic heterocycles. The molecule has 14 heavy (non-hydrogen) atoms. The summed E-state index contributed by atoms with van der Waals surface area (Å²) in [5.74, 6) is -1.96. The summed E-state index contributed by atoms with van der Waals surface area (Å²) in [6.07, 6.45) is 1.57. The Kier molecular flexibility index (Phi) is 3.33. The van der Waals surface area contributed by atoms with Crippen LogP contribution < -0.4 is 5.76 Å². The van der Waals surface area contributed by atoms with Crippen molar-refractivity contribution in [3.8, 4) is 5.95 Å². The molecule has 0 radical (unpaired) electrons. The maximum Gasteiger partial charge on any atom is 0.419 e. The van der Waals surface area contributed by atoms with Gasteiger partial charge in [-0.05, 0) is 19.3 Å². The zero-order valence-electron chi connectivity index (χ0n) is 7.45. The van der Waals surface area contributed by atoms with E-state index in [0.717, 1.165) is 0 Å². The number of aromatic hydroxyl groups is 1. The highest BCUT2D eigenvalue weighted by Gasteiger charge is 2.07. The Bertz CT molecular complexity index is 364. The second-order valence-corrected chi connectivity index (χ2v) is 2.90. The summed E-state index contributed by atoms with van der Waals surface area (Å²) < 4.78 is 4.32. The van der Waals surface area contributed by atoms with Crippen LogP contribution in [-0.4, -0.2) is 21.2 Å². The van der Waals surface area contributed by atoms with E-state index in [9.17, 15) is 9.59 Å². The number of hydrogen-bond acceptors (Lipinski definition) is 4. The maximum absolute atomic E-state index is 10.6. The van der Waals surface area contributed by atoms with Gasteiger partial charge in [-0.3, -0.25) is 9.78 Å². The van der Waals surface area contributed by atoms with Crippen LogP contribution in [0.2, 0.25) is 0 Å². The van der Waals surface area contributed by atoms with E-state index in [1.807, 2.05) is 0 Å². The third kappa shape index (κ3) is 2.96. The van der Waals surface area contributed by atoms with Crippen LogP contribution in [0, 0.1) is 0 Å². The van der Waals surface area contributed by atoms with Gasteiger partial charge in [0.15, 0.2) is 0 Å². The molecule has 0 saturated carbocycles. The van der Waals surface area contributed by atoms with Crippen molar-refractivity contribution in [2.75, 3.05) is 0 Å². The van der Waals surface area contributed by atoms with E-state index >= 15 is 0 Å². The Hall–Kier alpha value is -1.72. The fourth-order valence-electron chi connectivity index (χ4n) is 1.10. The van der Waals surface area contributed by atoms with E-state index < -0.39 is 17.7 Å². The first-order valence-corrected chi connectivity index (χ1v) is 4.22. The number of aromatic amines is 1. The van der Waals surface area contributed by atoms with Crippen molar-refractivity contribution in [3.05, 3.63) is 16.2 Å². The van der Waals surface area contributed by atoms with Gasteiger partial charge in [-0.2, -0.15) is 0 Å². The highest BCUT2D eigenvalue weighted by atomic mass is 16.5. The number of rotatable bonds is 5. The zero-order chi connectivity index (χ0) is 10.6. The van der Waals surface area contributed by atoms with Crippen LogP contribution in [0.25, 0.3) is 0 Å². The molecule has 1 heterocycles. The summed E-state index contributed by atoms with van der Waals surface area (Å²) in [5, 5.41) is 17.4. The number of hydrogen-bond donors (Lipinski definition) is 3. The molecule has 0 unspecified atom stereocenters. The summed E-state index contributed by atoms with van der Waals surface area (Å²) in [7, 11) is 0. The standard InChI is InChI=1S/C8H11NO5/c10-6(11)4-2-1-3-5-7(12)14-8(13)9-5/h12H,1-4H2,(H,9,13)(H,10,11). The quantitative estimate of drug-likeness (QED) is 0.601. The molecule has 0 saturated heterocycles. The Labute approximate surface area is 79.2 Å². The van der Waals surface area contributed by atoms with Crippen LogP contribution in [0.3, 0.4) is 0 Å². The van der Waals surface area contributed by atoms with Crippen molar-refractivity contribution in [3.63, 3.8) is 0 Å². The number of carboxylic acids is 1. The van der Waals surface area contributed by atoms with Gasteiger partial charge in [0, 0.05) is 6.42 Å². The van der Waals surface area contributed by atoms with Crippen molar-refractivity contribution in [1.29, 1.82) is 0 Å². The molecule has 0 fully saturated rings. The number of H-pyrrole nitrogens is 1. The predicted molar refractivity (Wildman–Crippen MR) is 46.2 cm³/mol. The Morgan fingerprint density at radius 2 is 2.14 bits per heavy atom. The largest absolute Gasteiger partial charge is 0.481 e. The summed E-state index contributed by atoms with van der Waals surface area (Å²) in [6, 6.07) is 0. The third-order valence-corrected chi connectivity index (χ3v) is 1.77. The molecule has 1 aromatic rings. The van der Waals surface area contributed by atoms with Gasteiger partial charge in [0.2, 0.25) is 0 Å². The highest BCUT2D eigenvalue weighted by molar-refractivity contribution is 5.66. The van der Waals surface area contributed by atoms with Crippen LogP contribution in [0.15, 0.2) is 9.21 Å². The van der Waals surface area contributed by atoms with Crippen LogP contribution in [-0.2, 0) is 11.2 Å².